The molecule has 0 aliphatic rings. The maximum atomic E-state index is 12.1. The SMILES string of the molecule is CCC(CCBr)NC(=O)c1ccc(C)c(OC)c1. The van der Waals surface area contributed by atoms with Crippen molar-refractivity contribution in [1.29, 1.82) is 0 Å². The van der Waals surface area contributed by atoms with E-state index in [4.69, 9.17) is 4.74 Å². The number of rotatable bonds is 6. The Kier molecular flexibility index (Phi) is 6.19. The first-order valence-corrected chi connectivity index (χ1v) is 7.26. The molecule has 3 nitrogen and oxygen atoms in total. The maximum absolute atomic E-state index is 12.1. The first-order chi connectivity index (χ1) is 8.62. The van der Waals surface area contributed by atoms with Gasteiger partial charge in [0.25, 0.3) is 5.91 Å². The quantitative estimate of drug-likeness (QED) is 0.818. The van der Waals surface area contributed by atoms with Gasteiger partial charge in [-0.3, -0.25) is 4.79 Å². The monoisotopic (exact) mass is 313 g/mol. The van der Waals surface area contributed by atoms with Crippen molar-refractivity contribution in [3.63, 3.8) is 0 Å². The summed E-state index contributed by atoms with van der Waals surface area (Å²) in [5, 5.41) is 3.92. The van der Waals surface area contributed by atoms with E-state index in [2.05, 4.69) is 28.2 Å². The number of nitrogens with one attached hydrogen (secondary N) is 1. The first kappa shape index (κ1) is 15.0. The number of amides is 1. The summed E-state index contributed by atoms with van der Waals surface area (Å²) in [5.41, 5.74) is 1.67. The molecular formula is C14H20BrNO2. The summed E-state index contributed by atoms with van der Waals surface area (Å²) >= 11 is 3.40. The van der Waals surface area contributed by atoms with Crippen molar-refractivity contribution in [3.8, 4) is 5.75 Å². The van der Waals surface area contributed by atoms with E-state index in [9.17, 15) is 4.79 Å². The van der Waals surface area contributed by atoms with E-state index in [0.29, 0.717) is 5.56 Å². The van der Waals surface area contributed by atoms with Gasteiger partial charge < -0.3 is 10.1 Å². The number of ether oxygens (including phenoxy) is 1. The topological polar surface area (TPSA) is 38.3 Å². The van der Waals surface area contributed by atoms with Gasteiger partial charge in [-0.2, -0.15) is 0 Å². The highest BCUT2D eigenvalue weighted by atomic mass is 79.9. The zero-order valence-corrected chi connectivity index (χ0v) is 12.7. The van der Waals surface area contributed by atoms with Gasteiger partial charge in [-0.15, -0.1) is 0 Å². The molecule has 1 unspecified atom stereocenters. The van der Waals surface area contributed by atoms with Crippen LogP contribution in [0, 0.1) is 6.92 Å². The van der Waals surface area contributed by atoms with Crippen molar-refractivity contribution < 1.29 is 9.53 Å². The van der Waals surface area contributed by atoms with Gasteiger partial charge in [0, 0.05) is 16.9 Å². The summed E-state index contributed by atoms with van der Waals surface area (Å²) in [7, 11) is 1.61. The van der Waals surface area contributed by atoms with Crippen LogP contribution in [0.3, 0.4) is 0 Å². The van der Waals surface area contributed by atoms with Gasteiger partial charge in [0.05, 0.1) is 7.11 Å². The van der Waals surface area contributed by atoms with Gasteiger partial charge in [0.1, 0.15) is 5.75 Å². The Morgan fingerprint density at radius 1 is 1.50 bits per heavy atom. The largest absolute Gasteiger partial charge is 0.496 e. The Balaban J connectivity index is 2.77. The molecule has 0 fully saturated rings. The fourth-order valence-corrected chi connectivity index (χ4v) is 2.29. The van der Waals surface area contributed by atoms with Crippen LogP contribution < -0.4 is 10.1 Å². The van der Waals surface area contributed by atoms with Crippen LogP contribution in [-0.4, -0.2) is 24.4 Å². The summed E-state index contributed by atoms with van der Waals surface area (Å²) in [6.45, 7) is 4.03. The van der Waals surface area contributed by atoms with Gasteiger partial charge in [-0.05, 0) is 37.5 Å². The molecule has 0 spiro atoms. The number of halogens is 1. The number of methoxy groups -OCH3 is 1. The molecule has 0 aliphatic carbocycles. The van der Waals surface area contributed by atoms with Crippen molar-refractivity contribution in [3.05, 3.63) is 29.3 Å². The molecule has 1 atom stereocenters. The average Bonchev–Trinajstić information content (AvgIpc) is 2.38. The van der Waals surface area contributed by atoms with Crippen molar-refractivity contribution in [2.75, 3.05) is 12.4 Å². The number of alkyl halides is 1. The molecule has 0 radical (unpaired) electrons. The third-order valence-electron chi connectivity index (χ3n) is 2.96. The van der Waals surface area contributed by atoms with Crippen molar-refractivity contribution in [2.24, 2.45) is 0 Å². The highest BCUT2D eigenvalue weighted by molar-refractivity contribution is 9.09. The number of carbonyl (C=O) groups is 1. The van der Waals surface area contributed by atoms with E-state index >= 15 is 0 Å². The molecule has 0 bridgehead atoms. The molecule has 1 aromatic carbocycles. The van der Waals surface area contributed by atoms with Crippen LogP contribution in [0.2, 0.25) is 0 Å². The van der Waals surface area contributed by atoms with E-state index in [1.54, 1.807) is 13.2 Å². The van der Waals surface area contributed by atoms with Gasteiger partial charge in [-0.1, -0.05) is 28.9 Å². The summed E-state index contributed by atoms with van der Waals surface area (Å²) in [6, 6.07) is 5.72. The number of hydrogen-bond acceptors (Lipinski definition) is 2. The van der Waals surface area contributed by atoms with Crippen molar-refractivity contribution in [1.82, 2.24) is 5.32 Å². The second kappa shape index (κ2) is 7.41. The number of hydrogen-bond donors (Lipinski definition) is 1. The summed E-state index contributed by atoms with van der Waals surface area (Å²) in [5.74, 6) is 0.706. The Morgan fingerprint density at radius 3 is 2.78 bits per heavy atom. The van der Waals surface area contributed by atoms with E-state index in [1.807, 2.05) is 19.1 Å². The second-order valence-corrected chi connectivity index (χ2v) is 5.03. The summed E-state index contributed by atoms with van der Waals surface area (Å²) < 4.78 is 5.23. The molecule has 1 amide bonds. The van der Waals surface area contributed by atoms with Crippen LogP contribution in [-0.2, 0) is 0 Å². The molecule has 4 heteroatoms. The third-order valence-corrected chi connectivity index (χ3v) is 3.41. The molecule has 0 aromatic heterocycles. The minimum absolute atomic E-state index is 0.0406. The van der Waals surface area contributed by atoms with Crippen LogP contribution in [0.4, 0.5) is 0 Å². The minimum Gasteiger partial charge on any atom is -0.496 e. The number of carbonyl (C=O) groups excluding carboxylic acids is 1. The Bertz CT molecular complexity index is 407. The highest BCUT2D eigenvalue weighted by Gasteiger charge is 2.12. The van der Waals surface area contributed by atoms with E-state index < -0.39 is 0 Å². The third kappa shape index (κ3) is 4.02. The minimum atomic E-state index is -0.0406. The van der Waals surface area contributed by atoms with E-state index in [1.165, 1.54) is 0 Å². The molecule has 100 valence electrons. The predicted octanol–water partition coefficient (Wildman–Crippen LogP) is 3.30. The molecule has 0 saturated carbocycles. The molecular weight excluding hydrogens is 294 g/mol. The Morgan fingerprint density at radius 2 is 2.22 bits per heavy atom. The molecule has 1 N–H and O–H groups in total. The second-order valence-electron chi connectivity index (χ2n) is 4.24. The smallest absolute Gasteiger partial charge is 0.251 e. The maximum Gasteiger partial charge on any atom is 0.251 e. The van der Waals surface area contributed by atoms with Crippen LogP contribution in [0.1, 0.15) is 35.7 Å². The average molecular weight is 314 g/mol. The predicted molar refractivity (Wildman–Crippen MR) is 77.7 cm³/mol. The van der Waals surface area contributed by atoms with E-state index in [0.717, 1.165) is 29.5 Å². The molecule has 18 heavy (non-hydrogen) atoms. The highest BCUT2D eigenvalue weighted by Crippen LogP contribution is 2.19. The molecule has 1 rings (SSSR count). The van der Waals surface area contributed by atoms with Crippen LogP contribution in [0.15, 0.2) is 18.2 Å². The van der Waals surface area contributed by atoms with Crippen molar-refractivity contribution >= 4 is 21.8 Å². The fourth-order valence-electron chi connectivity index (χ4n) is 1.74. The molecule has 0 aliphatic heterocycles. The normalized spacial score (nSPS) is 12.0. The number of aryl methyl sites for hydroxylation is 1. The lowest BCUT2D eigenvalue weighted by Gasteiger charge is -2.16. The Hall–Kier alpha value is -1.03. The molecule has 1 aromatic rings. The number of benzene rings is 1. The standard InChI is InChI=1S/C14H20BrNO2/c1-4-12(7-8-15)16-14(17)11-6-5-10(2)13(9-11)18-3/h5-6,9,12H,4,7-8H2,1-3H3,(H,16,17). The lowest BCUT2D eigenvalue weighted by Crippen LogP contribution is -2.34. The zero-order chi connectivity index (χ0) is 13.5. The van der Waals surface area contributed by atoms with Crippen LogP contribution in [0.25, 0.3) is 0 Å². The first-order valence-electron chi connectivity index (χ1n) is 6.13. The Labute approximate surface area is 117 Å². The van der Waals surface area contributed by atoms with Crippen LogP contribution >= 0.6 is 15.9 Å². The van der Waals surface area contributed by atoms with Gasteiger partial charge in [0.2, 0.25) is 0 Å². The summed E-state index contributed by atoms with van der Waals surface area (Å²) in [6.07, 6.45) is 1.87. The lowest BCUT2D eigenvalue weighted by atomic mass is 10.1. The van der Waals surface area contributed by atoms with E-state index in [-0.39, 0.29) is 11.9 Å². The lowest BCUT2D eigenvalue weighted by molar-refractivity contribution is 0.0935. The zero-order valence-electron chi connectivity index (χ0n) is 11.1. The molecule has 0 heterocycles. The van der Waals surface area contributed by atoms with Gasteiger partial charge >= 0.3 is 0 Å². The van der Waals surface area contributed by atoms with Gasteiger partial charge in [-0.25, -0.2) is 0 Å². The van der Waals surface area contributed by atoms with Crippen LogP contribution in [0.5, 0.6) is 5.75 Å². The van der Waals surface area contributed by atoms with Gasteiger partial charge in [0.15, 0.2) is 0 Å². The fraction of sp³-hybridized carbons (Fsp3) is 0.500. The van der Waals surface area contributed by atoms with Crippen molar-refractivity contribution in [2.45, 2.75) is 32.7 Å². The molecule has 0 saturated heterocycles. The summed E-state index contributed by atoms with van der Waals surface area (Å²) in [4.78, 5) is 12.1.